The third-order valence-corrected chi connectivity index (χ3v) is 3.38. The number of anilines is 1. The van der Waals surface area contributed by atoms with Crippen LogP contribution in [0.4, 0.5) is 5.69 Å². The van der Waals surface area contributed by atoms with Gasteiger partial charge >= 0.3 is 0 Å². The number of rotatable bonds is 2. The third kappa shape index (κ3) is 3.25. The lowest BCUT2D eigenvalue weighted by atomic mass is 10.1. The normalized spacial score (nSPS) is 9.90. The van der Waals surface area contributed by atoms with Crippen LogP contribution in [0.25, 0.3) is 0 Å². The van der Waals surface area contributed by atoms with Crippen molar-refractivity contribution in [3.05, 3.63) is 63.1 Å². The summed E-state index contributed by atoms with van der Waals surface area (Å²) in [6.45, 7) is 3.83. The van der Waals surface area contributed by atoms with Gasteiger partial charge < -0.3 is 5.32 Å². The number of amides is 1. The number of nitrogens with zero attached hydrogens (tertiary/aromatic N) is 1. The predicted molar refractivity (Wildman–Crippen MR) is 82.7 cm³/mol. The van der Waals surface area contributed by atoms with Crippen LogP contribution in [0, 0.1) is 25.2 Å². The van der Waals surface area contributed by atoms with Crippen molar-refractivity contribution in [2.45, 2.75) is 13.8 Å². The van der Waals surface area contributed by atoms with E-state index >= 15 is 0 Å². The molecule has 0 saturated heterocycles. The van der Waals surface area contributed by atoms with Crippen molar-refractivity contribution in [3.63, 3.8) is 0 Å². The maximum absolute atomic E-state index is 12.3. The zero-order valence-electron chi connectivity index (χ0n) is 11.2. The van der Waals surface area contributed by atoms with E-state index in [4.69, 9.17) is 5.26 Å². The van der Waals surface area contributed by atoms with Crippen molar-refractivity contribution in [3.8, 4) is 6.07 Å². The molecule has 0 heterocycles. The summed E-state index contributed by atoms with van der Waals surface area (Å²) in [7, 11) is 0. The average Bonchev–Trinajstić information content (AvgIpc) is 2.40. The van der Waals surface area contributed by atoms with E-state index in [2.05, 4.69) is 27.3 Å². The minimum absolute atomic E-state index is 0.187. The largest absolute Gasteiger partial charge is 0.322 e. The van der Waals surface area contributed by atoms with Gasteiger partial charge in [0.25, 0.3) is 5.91 Å². The monoisotopic (exact) mass is 328 g/mol. The number of benzene rings is 2. The molecule has 0 aliphatic rings. The molecule has 0 atom stereocenters. The van der Waals surface area contributed by atoms with Crippen molar-refractivity contribution < 1.29 is 4.79 Å². The zero-order chi connectivity index (χ0) is 14.7. The molecule has 4 heteroatoms. The third-order valence-electron chi connectivity index (χ3n) is 2.92. The van der Waals surface area contributed by atoms with E-state index in [0.29, 0.717) is 16.8 Å². The molecule has 20 heavy (non-hydrogen) atoms. The number of halogens is 1. The maximum Gasteiger partial charge on any atom is 0.255 e. The lowest BCUT2D eigenvalue weighted by molar-refractivity contribution is 0.102. The number of carbonyl (C=O) groups is 1. The van der Waals surface area contributed by atoms with Gasteiger partial charge in [0.1, 0.15) is 0 Å². The number of hydrogen-bond acceptors (Lipinski definition) is 2. The quantitative estimate of drug-likeness (QED) is 0.898. The first-order valence-electron chi connectivity index (χ1n) is 6.09. The van der Waals surface area contributed by atoms with Crippen LogP contribution in [0.5, 0.6) is 0 Å². The molecular formula is C16H13BrN2O. The lowest BCUT2D eigenvalue weighted by Crippen LogP contribution is -2.13. The van der Waals surface area contributed by atoms with Crippen LogP contribution in [-0.2, 0) is 0 Å². The molecule has 0 aliphatic carbocycles. The molecule has 2 aromatic rings. The van der Waals surface area contributed by atoms with Crippen molar-refractivity contribution in [1.29, 1.82) is 5.26 Å². The maximum atomic E-state index is 12.3. The van der Waals surface area contributed by atoms with Gasteiger partial charge in [0.05, 0.1) is 11.6 Å². The summed E-state index contributed by atoms with van der Waals surface area (Å²) in [5.41, 5.74) is 3.69. The summed E-state index contributed by atoms with van der Waals surface area (Å²) in [4.78, 5) is 12.3. The molecule has 0 bridgehead atoms. The summed E-state index contributed by atoms with van der Waals surface area (Å²) in [6, 6.07) is 12.8. The molecule has 3 nitrogen and oxygen atoms in total. The van der Waals surface area contributed by atoms with Crippen molar-refractivity contribution >= 4 is 27.5 Å². The average molecular weight is 329 g/mol. The Kier molecular flexibility index (Phi) is 4.21. The summed E-state index contributed by atoms with van der Waals surface area (Å²) in [5, 5.41) is 11.8. The fourth-order valence-corrected chi connectivity index (χ4v) is 2.50. The molecule has 0 spiro atoms. The Morgan fingerprint density at radius 1 is 1.20 bits per heavy atom. The Balaban J connectivity index is 2.30. The second kappa shape index (κ2) is 5.89. The van der Waals surface area contributed by atoms with E-state index in [9.17, 15) is 4.79 Å². The molecule has 0 unspecified atom stereocenters. The molecule has 1 N–H and O–H groups in total. The van der Waals surface area contributed by atoms with Crippen molar-refractivity contribution in [1.82, 2.24) is 0 Å². The highest BCUT2D eigenvalue weighted by Crippen LogP contribution is 2.20. The first-order chi connectivity index (χ1) is 9.49. The van der Waals surface area contributed by atoms with E-state index in [1.807, 2.05) is 32.0 Å². The topological polar surface area (TPSA) is 52.9 Å². The van der Waals surface area contributed by atoms with Crippen LogP contribution in [0.1, 0.15) is 27.0 Å². The predicted octanol–water partition coefficient (Wildman–Crippen LogP) is 4.19. The molecular weight excluding hydrogens is 316 g/mol. The van der Waals surface area contributed by atoms with Crippen LogP contribution < -0.4 is 5.32 Å². The molecule has 0 aliphatic heterocycles. The number of aryl methyl sites for hydroxylation is 2. The van der Waals surface area contributed by atoms with Gasteiger partial charge in [-0.05, 0) is 55.3 Å². The highest BCUT2D eigenvalue weighted by molar-refractivity contribution is 9.10. The molecule has 2 rings (SSSR count). The summed E-state index contributed by atoms with van der Waals surface area (Å²) < 4.78 is 0.866. The fourth-order valence-electron chi connectivity index (χ4n) is 1.89. The Labute approximate surface area is 126 Å². The van der Waals surface area contributed by atoms with E-state index in [0.717, 1.165) is 15.6 Å². The van der Waals surface area contributed by atoms with Gasteiger partial charge in [-0.2, -0.15) is 5.26 Å². The molecule has 1 amide bonds. The summed E-state index contributed by atoms with van der Waals surface area (Å²) in [5.74, 6) is -0.187. The van der Waals surface area contributed by atoms with Gasteiger partial charge in [0, 0.05) is 15.7 Å². The second-order valence-corrected chi connectivity index (χ2v) is 5.53. The highest BCUT2D eigenvalue weighted by atomic mass is 79.9. The zero-order valence-corrected chi connectivity index (χ0v) is 12.8. The minimum Gasteiger partial charge on any atom is -0.322 e. The fraction of sp³-hybridized carbons (Fsp3) is 0.125. The van der Waals surface area contributed by atoms with E-state index in [1.54, 1.807) is 18.2 Å². The smallest absolute Gasteiger partial charge is 0.255 e. The molecule has 100 valence electrons. The first-order valence-corrected chi connectivity index (χ1v) is 6.88. The van der Waals surface area contributed by atoms with Crippen LogP contribution in [0.2, 0.25) is 0 Å². The number of hydrogen-bond donors (Lipinski definition) is 1. The Morgan fingerprint density at radius 2 is 1.95 bits per heavy atom. The summed E-state index contributed by atoms with van der Waals surface area (Å²) in [6.07, 6.45) is 0. The Bertz CT molecular complexity index is 697. The van der Waals surface area contributed by atoms with Gasteiger partial charge in [-0.15, -0.1) is 0 Å². The molecule has 0 radical (unpaired) electrons. The highest BCUT2D eigenvalue weighted by Gasteiger charge is 2.09. The van der Waals surface area contributed by atoms with Crippen LogP contribution >= 0.6 is 15.9 Å². The van der Waals surface area contributed by atoms with E-state index < -0.39 is 0 Å². The second-order valence-electron chi connectivity index (χ2n) is 4.61. The van der Waals surface area contributed by atoms with Crippen LogP contribution in [-0.4, -0.2) is 5.91 Å². The lowest BCUT2D eigenvalue weighted by Gasteiger charge is -2.09. The van der Waals surface area contributed by atoms with E-state index in [-0.39, 0.29) is 5.91 Å². The van der Waals surface area contributed by atoms with E-state index in [1.165, 1.54) is 0 Å². The number of nitrogens with one attached hydrogen (secondary N) is 1. The SMILES string of the molecule is Cc1cc(Br)cc(C(=O)Nc2cc(C#N)ccc2C)c1. The Hall–Kier alpha value is -2.12. The minimum atomic E-state index is -0.187. The van der Waals surface area contributed by atoms with Crippen LogP contribution in [0.15, 0.2) is 40.9 Å². The van der Waals surface area contributed by atoms with Crippen LogP contribution in [0.3, 0.4) is 0 Å². The molecule has 0 saturated carbocycles. The van der Waals surface area contributed by atoms with Gasteiger partial charge in [-0.1, -0.05) is 22.0 Å². The number of nitriles is 1. The van der Waals surface area contributed by atoms with Gasteiger partial charge in [0.15, 0.2) is 0 Å². The summed E-state index contributed by atoms with van der Waals surface area (Å²) >= 11 is 3.38. The van der Waals surface area contributed by atoms with Gasteiger partial charge in [-0.3, -0.25) is 4.79 Å². The first kappa shape index (κ1) is 14.3. The Morgan fingerprint density at radius 3 is 2.60 bits per heavy atom. The molecule has 0 fully saturated rings. The van der Waals surface area contributed by atoms with Crippen molar-refractivity contribution in [2.24, 2.45) is 0 Å². The van der Waals surface area contributed by atoms with Gasteiger partial charge in [-0.25, -0.2) is 0 Å². The molecule has 2 aromatic carbocycles. The van der Waals surface area contributed by atoms with Crippen molar-refractivity contribution in [2.75, 3.05) is 5.32 Å². The molecule has 0 aromatic heterocycles. The van der Waals surface area contributed by atoms with Gasteiger partial charge in [0.2, 0.25) is 0 Å². The number of carbonyl (C=O) groups excluding carboxylic acids is 1. The standard InChI is InChI=1S/C16H13BrN2O/c1-10-5-13(8-14(17)6-10)16(20)19-15-7-12(9-18)4-3-11(15)2/h3-8H,1-2H3,(H,19,20).